The highest BCUT2D eigenvalue weighted by Crippen LogP contribution is 2.44. The molecular formula is C18H23ClFIN4O. The Labute approximate surface area is 174 Å². The van der Waals surface area contributed by atoms with Crippen LogP contribution in [0, 0.1) is 19.7 Å². The Hall–Kier alpha value is -1.35. The van der Waals surface area contributed by atoms with Crippen LogP contribution in [-0.2, 0) is 6.54 Å². The molecule has 0 spiro atoms. The molecule has 8 heteroatoms. The number of guanidine groups is 1. The van der Waals surface area contributed by atoms with Gasteiger partial charge >= 0.3 is 0 Å². The summed E-state index contributed by atoms with van der Waals surface area (Å²) < 4.78 is 19.6. The average molecular weight is 493 g/mol. The van der Waals surface area contributed by atoms with E-state index in [0.29, 0.717) is 29.0 Å². The van der Waals surface area contributed by atoms with E-state index in [2.05, 4.69) is 20.6 Å². The van der Waals surface area contributed by atoms with Crippen molar-refractivity contribution in [3.63, 3.8) is 0 Å². The SMILES string of the molecule is CCNC(=NCc1nc(C)c(C)o1)NC1CC1c1c(F)cccc1Cl.I. The summed E-state index contributed by atoms with van der Waals surface area (Å²) in [5.74, 6) is 1.85. The van der Waals surface area contributed by atoms with Crippen LogP contribution >= 0.6 is 35.6 Å². The second-order valence-electron chi connectivity index (χ2n) is 6.17. The zero-order valence-electron chi connectivity index (χ0n) is 15.0. The van der Waals surface area contributed by atoms with E-state index in [9.17, 15) is 4.39 Å². The fourth-order valence-electron chi connectivity index (χ4n) is 2.79. The summed E-state index contributed by atoms with van der Waals surface area (Å²) in [6.45, 7) is 6.86. The molecule has 142 valence electrons. The molecule has 5 nitrogen and oxygen atoms in total. The number of hydrogen-bond donors (Lipinski definition) is 2. The third kappa shape index (κ3) is 4.88. The monoisotopic (exact) mass is 492 g/mol. The number of benzene rings is 1. The second-order valence-corrected chi connectivity index (χ2v) is 6.58. The molecule has 0 aliphatic heterocycles. The summed E-state index contributed by atoms with van der Waals surface area (Å²) in [7, 11) is 0. The molecule has 0 bridgehead atoms. The summed E-state index contributed by atoms with van der Waals surface area (Å²) in [6.07, 6.45) is 0.822. The first-order valence-corrected chi connectivity index (χ1v) is 8.79. The van der Waals surface area contributed by atoms with Gasteiger partial charge in [0, 0.05) is 29.1 Å². The van der Waals surface area contributed by atoms with Gasteiger partial charge in [0.2, 0.25) is 5.89 Å². The third-order valence-electron chi connectivity index (χ3n) is 4.27. The average Bonchev–Trinajstić information content (AvgIpc) is 3.22. The lowest BCUT2D eigenvalue weighted by atomic mass is 10.1. The van der Waals surface area contributed by atoms with Crippen LogP contribution in [0.2, 0.25) is 5.02 Å². The smallest absolute Gasteiger partial charge is 0.216 e. The molecule has 0 radical (unpaired) electrons. The molecule has 1 aliphatic carbocycles. The van der Waals surface area contributed by atoms with Gasteiger partial charge in [0.05, 0.1) is 5.69 Å². The Morgan fingerprint density at radius 2 is 2.19 bits per heavy atom. The highest BCUT2D eigenvalue weighted by atomic mass is 127. The minimum Gasteiger partial charge on any atom is -0.444 e. The molecule has 3 rings (SSSR count). The van der Waals surface area contributed by atoms with Crippen LogP contribution in [-0.4, -0.2) is 23.5 Å². The topological polar surface area (TPSA) is 62.5 Å². The molecule has 1 aliphatic rings. The van der Waals surface area contributed by atoms with Crippen molar-refractivity contribution in [2.75, 3.05) is 6.54 Å². The van der Waals surface area contributed by atoms with E-state index in [1.54, 1.807) is 12.1 Å². The molecule has 2 unspecified atom stereocenters. The molecular weight excluding hydrogens is 470 g/mol. The van der Waals surface area contributed by atoms with Gasteiger partial charge in [-0.3, -0.25) is 0 Å². The highest BCUT2D eigenvalue weighted by molar-refractivity contribution is 14.0. The highest BCUT2D eigenvalue weighted by Gasteiger charge is 2.41. The summed E-state index contributed by atoms with van der Waals surface area (Å²) in [6, 6.07) is 4.91. The molecule has 1 aromatic heterocycles. The van der Waals surface area contributed by atoms with Crippen LogP contribution in [0.25, 0.3) is 0 Å². The first-order valence-electron chi connectivity index (χ1n) is 8.41. The Kier molecular flexibility index (Phi) is 7.28. The Morgan fingerprint density at radius 1 is 1.42 bits per heavy atom. The molecule has 2 atom stereocenters. The summed E-state index contributed by atoms with van der Waals surface area (Å²) >= 11 is 6.15. The standard InChI is InChI=1S/C18H22ClFN4O.HI/c1-4-21-18(22-9-16-23-10(2)11(3)25-16)24-15-8-12(15)17-13(19)6-5-7-14(17)20;/h5-7,12,15H,4,8-9H2,1-3H3,(H2,21,22,24);1H. The van der Waals surface area contributed by atoms with E-state index < -0.39 is 0 Å². The predicted octanol–water partition coefficient (Wildman–Crippen LogP) is 4.31. The molecule has 0 saturated heterocycles. The molecule has 1 heterocycles. The van der Waals surface area contributed by atoms with Crippen molar-refractivity contribution in [1.29, 1.82) is 0 Å². The Bertz CT molecular complexity index is 756. The van der Waals surface area contributed by atoms with E-state index >= 15 is 0 Å². The van der Waals surface area contributed by atoms with Gasteiger partial charge < -0.3 is 15.1 Å². The molecule has 2 aromatic rings. The van der Waals surface area contributed by atoms with Crippen LogP contribution in [0.3, 0.4) is 0 Å². The molecule has 1 aromatic carbocycles. The van der Waals surface area contributed by atoms with E-state index in [4.69, 9.17) is 16.0 Å². The lowest BCUT2D eigenvalue weighted by molar-refractivity contribution is 0.472. The van der Waals surface area contributed by atoms with Gasteiger partial charge in [0.15, 0.2) is 5.96 Å². The van der Waals surface area contributed by atoms with E-state index in [-0.39, 0.29) is 41.8 Å². The number of aryl methyl sites for hydroxylation is 2. The second kappa shape index (κ2) is 9.03. The van der Waals surface area contributed by atoms with Crippen molar-refractivity contribution in [3.8, 4) is 0 Å². The maximum atomic E-state index is 14.0. The number of aliphatic imine (C=N–C) groups is 1. The van der Waals surface area contributed by atoms with Crippen molar-refractivity contribution in [1.82, 2.24) is 15.6 Å². The minimum atomic E-state index is -0.255. The van der Waals surface area contributed by atoms with Gasteiger partial charge in [0.1, 0.15) is 18.1 Å². The number of nitrogens with zero attached hydrogens (tertiary/aromatic N) is 2. The van der Waals surface area contributed by atoms with Crippen LogP contribution in [0.1, 0.15) is 42.2 Å². The minimum absolute atomic E-state index is 0. The maximum Gasteiger partial charge on any atom is 0.216 e. The number of hydrogen-bond acceptors (Lipinski definition) is 3. The number of aromatic nitrogens is 1. The summed E-state index contributed by atoms with van der Waals surface area (Å²) in [5, 5.41) is 6.99. The van der Waals surface area contributed by atoms with Crippen LogP contribution in [0.15, 0.2) is 27.6 Å². The number of halogens is 3. The summed E-state index contributed by atoms with van der Waals surface area (Å²) in [4.78, 5) is 8.83. The van der Waals surface area contributed by atoms with Crippen molar-refractivity contribution in [2.45, 2.75) is 45.7 Å². The molecule has 1 fully saturated rings. The Morgan fingerprint density at radius 3 is 2.81 bits per heavy atom. The molecule has 0 amide bonds. The molecule has 2 N–H and O–H groups in total. The van der Waals surface area contributed by atoms with Gasteiger partial charge in [-0.15, -0.1) is 24.0 Å². The van der Waals surface area contributed by atoms with E-state index in [1.807, 2.05) is 20.8 Å². The number of oxazole rings is 1. The first-order chi connectivity index (χ1) is 12.0. The predicted molar refractivity (Wildman–Crippen MR) is 112 cm³/mol. The van der Waals surface area contributed by atoms with Gasteiger partial charge in [0.25, 0.3) is 0 Å². The van der Waals surface area contributed by atoms with E-state index in [1.165, 1.54) is 6.07 Å². The van der Waals surface area contributed by atoms with Crippen molar-refractivity contribution >= 4 is 41.5 Å². The number of rotatable bonds is 5. The summed E-state index contributed by atoms with van der Waals surface area (Å²) in [5.41, 5.74) is 1.45. The maximum absolute atomic E-state index is 14.0. The molecule has 26 heavy (non-hydrogen) atoms. The van der Waals surface area contributed by atoms with Crippen molar-refractivity contribution in [2.24, 2.45) is 4.99 Å². The van der Waals surface area contributed by atoms with Gasteiger partial charge in [-0.2, -0.15) is 0 Å². The van der Waals surface area contributed by atoms with Gasteiger partial charge in [-0.1, -0.05) is 17.7 Å². The lowest BCUT2D eigenvalue weighted by Gasteiger charge is -2.11. The quantitative estimate of drug-likeness (QED) is 0.371. The zero-order valence-corrected chi connectivity index (χ0v) is 18.1. The fourth-order valence-corrected chi connectivity index (χ4v) is 3.09. The first kappa shape index (κ1) is 21.0. The lowest BCUT2D eigenvalue weighted by Crippen LogP contribution is -2.39. The molecule has 1 saturated carbocycles. The van der Waals surface area contributed by atoms with Crippen LogP contribution in [0.5, 0.6) is 0 Å². The Balaban J connectivity index is 0.00000243. The van der Waals surface area contributed by atoms with Crippen LogP contribution < -0.4 is 10.6 Å². The van der Waals surface area contributed by atoms with E-state index in [0.717, 1.165) is 24.4 Å². The van der Waals surface area contributed by atoms with Gasteiger partial charge in [-0.05, 0) is 39.3 Å². The van der Waals surface area contributed by atoms with Crippen LogP contribution in [0.4, 0.5) is 4.39 Å². The number of nitrogens with one attached hydrogen (secondary N) is 2. The third-order valence-corrected chi connectivity index (χ3v) is 4.60. The fraction of sp³-hybridized carbons (Fsp3) is 0.444. The van der Waals surface area contributed by atoms with Crippen molar-refractivity contribution < 1.29 is 8.81 Å². The normalized spacial score (nSPS) is 19.0. The van der Waals surface area contributed by atoms with Crippen molar-refractivity contribution in [3.05, 3.63) is 51.9 Å². The van der Waals surface area contributed by atoms with Gasteiger partial charge in [-0.25, -0.2) is 14.4 Å². The largest absolute Gasteiger partial charge is 0.444 e. The zero-order chi connectivity index (χ0) is 18.0.